The third-order valence-corrected chi connectivity index (χ3v) is 3.13. The van der Waals surface area contributed by atoms with Crippen LogP contribution in [-0.4, -0.2) is 45.4 Å². The van der Waals surface area contributed by atoms with Gasteiger partial charge in [0.25, 0.3) is 0 Å². The van der Waals surface area contributed by atoms with Crippen molar-refractivity contribution in [3.63, 3.8) is 0 Å². The van der Waals surface area contributed by atoms with Crippen LogP contribution in [0.1, 0.15) is 19.8 Å². The van der Waals surface area contributed by atoms with E-state index in [0.29, 0.717) is 19.4 Å². The molecule has 0 aliphatic carbocycles. The Labute approximate surface area is 86.2 Å². The number of aliphatic hydroxyl groups is 1. The van der Waals surface area contributed by atoms with E-state index in [1.165, 1.54) is 6.26 Å². The second-order valence-electron chi connectivity index (χ2n) is 3.77. The Morgan fingerprint density at radius 3 is 2.43 bits per heavy atom. The summed E-state index contributed by atoms with van der Waals surface area (Å²) in [5.74, 6) is 0.198. The molecule has 5 heteroatoms. The summed E-state index contributed by atoms with van der Waals surface area (Å²) in [6.45, 7) is 2.38. The third-order valence-electron chi connectivity index (χ3n) is 2.10. The molecule has 86 valence electrons. The standard InChI is InChI=1S/C9H20O4S/c1-8(7-13-2)9(10)5-4-6-14(3,11)12/h8-10H,4-7H2,1-3H3. The zero-order valence-corrected chi connectivity index (χ0v) is 9.88. The molecule has 14 heavy (non-hydrogen) atoms. The number of ether oxygens (including phenoxy) is 1. The molecular weight excluding hydrogens is 204 g/mol. The molecule has 0 aromatic rings. The highest BCUT2D eigenvalue weighted by Gasteiger charge is 2.14. The van der Waals surface area contributed by atoms with Gasteiger partial charge in [-0.1, -0.05) is 6.92 Å². The van der Waals surface area contributed by atoms with Crippen molar-refractivity contribution in [3.05, 3.63) is 0 Å². The maximum atomic E-state index is 10.8. The van der Waals surface area contributed by atoms with E-state index in [2.05, 4.69) is 0 Å². The first-order valence-electron chi connectivity index (χ1n) is 4.71. The van der Waals surface area contributed by atoms with Crippen LogP contribution in [0.15, 0.2) is 0 Å². The van der Waals surface area contributed by atoms with Crippen LogP contribution < -0.4 is 0 Å². The van der Waals surface area contributed by atoms with Gasteiger partial charge in [-0.25, -0.2) is 8.42 Å². The van der Waals surface area contributed by atoms with Crippen LogP contribution in [0, 0.1) is 5.92 Å². The number of rotatable bonds is 7. The fourth-order valence-corrected chi connectivity index (χ4v) is 1.90. The van der Waals surface area contributed by atoms with Gasteiger partial charge in [-0.05, 0) is 12.8 Å². The first kappa shape index (κ1) is 13.9. The first-order chi connectivity index (χ1) is 6.37. The van der Waals surface area contributed by atoms with Gasteiger partial charge in [-0.3, -0.25) is 0 Å². The van der Waals surface area contributed by atoms with E-state index in [4.69, 9.17) is 4.74 Å². The lowest BCUT2D eigenvalue weighted by atomic mass is 10.0. The van der Waals surface area contributed by atoms with Crippen LogP contribution in [0.25, 0.3) is 0 Å². The summed E-state index contributed by atoms with van der Waals surface area (Å²) in [5.41, 5.74) is 0. The molecule has 0 saturated heterocycles. The molecule has 0 aromatic carbocycles. The highest BCUT2D eigenvalue weighted by atomic mass is 32.2. The van der Waals surface area contributed by atoms with Gasteiger partial charge in [-0.2, -0.15) is 0 Å². The van der Waals surface area contributed by atoms with Crippen LogP contribution >= 0.6 is 0 Å². The van der Waals surface area contributed by atoms with Crippen molar-refractivity contribution in [3.8, 4) is 0 Å². The van der Waals surface area contributed by atoms with Crippen molar-refractivity contribution in [2.45, 2.75) is 25.9 Å². The summed E-state index contributed by atoms with van der Waals surface area (Å²) in [6.07, 6.45) is 1.75. The van der Waals surface area contributed by atoms with Crippen LogP contribution in [0.2, 0.25) is 0 Å². The maximum Gasteiger partial charge on any atom is 0.147 e. The van der Waals surface area contributed by atoms with Gasteiger partial charge >= 0.3 is 0 Å². The normalized spacial score (nSPS) is 16.6. The maximum absolute atomic E-state index is 10.8. The fourth-order valence-electron chi connectivity index (χ4n) is 1.21. The van der Waals surface area contributed by atoms with E-state index in [9.17, 15) is 13.5 Å². The van der Waals surface area contributed by atoms with Crippen molar-refractivity contribution in [1.82, 2.24) is 0 Å². The van der Waals surface area contributed by atoms with E-state index < -0.39 is 15.9 Å². The number of aliphatic hydroxyl groups excluding tert-OH is 1. The summed E-state index contributed by atoms with van der Waals surface area (Å²) in [4.78, 5) is 0. The van der Waals surface area contributed by atoms with Crippen LogP contribution in [0.5, 0.6) is 0 Å². The average Bonchev–Trinajstić information content (AvgIpc) is 2.02. The number of sulfone groups is 1. The van der Waals surface area contributed by atoms with E-state index in [0.717, 1.165) is 0 Å². The van der Waals surface area contributed by atoms with Gasteiger partial charge in [0.05, 0.1) is 12.7 Å². The monoisotopic (exact) mass is 224 g/mol. The second-order valence-corrected chi connectivity index (χ2v) is 6.03. The summed E-state index contributed by atoms with van der Waals surface area (Å²) >= 11 is 0. The summed E-state index contributed by atoms with van der Waals surface area (Å²) < 4.78 is 26.5. The summed E-state index contributed by atoms with van der Waals surface area (Å²) in [5, 5.41) is 9.57. The van der Waals surface area contributed by atoms with Crippen molar-refractivity contribution in [1.29, 1.82) is 0 Å². The predicted molar refractivity (Wildman–Crippen MR) is 56.0 cm³/mol. The number of hydrogen-bond acceptors (Lipinski definition) is 4. The average molecular weight is 224 g/mol. The molecule has 0 amide bonds. The van der Waals surface area contributed by atoms with Gasteiger partial charge < -0.3 is 9.84 Å². The molecule has 2 unspecified atom stereocenters. The van der Waals surface area contributed by atoms with E-state index in [1.54, 1.807) is 7.11 Å². The fraction of sp³-hybridized carbons (Fsp3) is 1.00. The number of hydrogen-bond donors (Lipinski definition) is 1. The lowest BCUT2D eigenvalue weighted by Gasteiger charge is -2.17. The zero-order chi connectivity index (χ0) is 11.2. The van der Waals surface area contributed by atoms with Crippen molar-refractivity contribution < 1.29 is 18.3 Å². The quantitative estimate of drug-likeness (QED) is 0.682. The second kappa shape index (κ2) is 6.37. The minimum absolute atomic E-state index is 0.0551. The molecule has 0 fully saturated rings. The van der Waals surface area contributed by atoms with Crippen molar-refractivity contribution in [2.24, 2.45) is 5.92 Å². The third kappa shape index (κ3) is 7.29. The molecule has 0 aromatic heterocycles. The highest BCUT2D eigenvalue weighted by Crippen LogP contribution is 2.10. The Kier molecular flexibility index (Phi) is 6.31. The summed E-state index contributed by atoms with van der Waals surface area (Å²) in [6, 6.07) is 0. The molecule has 0 bridgehead atoms. The SMILES string of the molecule is COCC(C)C(O)CCCS(C)(=O)=O. The molecule has 0 radical (unpaired) electrons. The lowest BCUT2D eigenvalue weighted by molar-refractivity contribution is 0.0517. The molecule has 1 N–H and O–H groups in total. The molecule has 4 nitrogen and oxygen atoms in total. The molecule has 0 rings (SSSR count). The molecule has 0 saturated carbocycles. The summed E-state index contributed by atoms with van der Waals surface area (Å²) in [7, 11) is -1.32. The smallest absolute Gasteiger partial charge is 0.147 e. The molecule has 0 aliphatic rings. The molecule has 2 atom stereocenters. The van der Waals surface area contributed by atoms with Crippen LogP contribution in [0.3, 0.4) is 0 Å². The van der Waals surface area contributed by atoms with E-state index in [-0.39, 0.29) is 11.7 Å². The zero-order valence-electron chi connectivity index (χ0n) is 9.06. The molecule has 0 heterocycles. The first-order valence-corrected chi connectivity index (χ1v) is 6.77. The highest BCUT2D eigenvalue weighted by molar-refractivity contribution is 7.90. The Balaban J connectivity index is 3.68. The number of methoxy groups -OCH3 is 1. The predicted octanol–water partition coefficient (Wildman–Crippen LogP) is 0.455. The molecule has 0 spiro atoms. The Morgan fingerprint density at radius 2 is 2.00 bits per heavy atom. The van der Waals surface area contributed by atoms with Crippen LogP contribution in [-0.2, 0) is 14.6 Å². The van der Waals surface area contributed by atoms with E-state index in [1.807, 2.05) is 6.92 Å². The van der Waals surface area contributed by atoms with Crippen molar-refractivity contribution in [2.75, 3.05) is 25.7 Å². The Bertz CT molecular complexity index is 235. The lowest BCUT2D eigenvalue weighted by Crippen LogP contribution is -2.22. The Morgan fingerprint density at radius 1 is 1.43 bits per heavy atom. The van der Waals surface area contributed by atoms with E-state index >= 15 is 0 Å². The Hall–Kier alpha value is -0.130. The van der Waals surface area contributed by atoms with Gasteiger partial charge in [-0.15, -0.1) is 0 Å². The van der Waals surface area contributed by atoms with Gasteiger partial charge in [0.1, 0.15) is 9.84 Å². The largest absolute Gasteiger partial charge is 0.393 e. The molecule has 0 aliphatic heterocycles. The topological polar surface area (TPSA) is 63.6 Å². The van der Waals surface area contributed by atoms with Gasteiger partial charge in [0.2, 0.25) is 0 Å². The minimum Gasteiger partial charge on any atom is -0.393 e. The van der Waals surface area contributed by atoms with Gasteiger partial charge in [0.15, 0.2) is 0 Å². The van der Waals surface area contributed by atoms with Crippen molar-refractivity contribution >= 4 is 9.84 Å². The minimum atomic E-state index is -2.90. The van der Waals surface area contributed by atoms with Gasteiger partial charge in [0, 0.05) is 25.0 Å². The van der Waals surface area contributed by atoms with Crippen LogP contribution in [0.4, 0.5) is 0 Å². The molecular formula is C9H20O4S.